The standard InChI is InChI=1S/C11H12FN/c1-3-9-6-8-4-7(2)5-10(12)11(8)13-9/h4-6,13H,3H2,1-2H3. The maximum absolute atomic E-state index is 13.4. The summed E-state index contributed by atoms with van der Waals surface area (Å²) in [5.41, 5.74) is 2.67. The third kappa shape index (κ3) is 1.32. The molecule has 0 radical (unpaired) electrons. The first-order chi connectivity index (χ1) is 6.20. The van der Waals surface area contributed by atoms with Gasteiger partial charge in [0.1, 0.15) is 5.82 Å². The molecule has 0 aliphatic heterocycles. The lowest BCUT2D eigenvalue weighted by Crippen LogP contribution is -1.81. The Morgan fingerprint density at radius 2 is 2.08 bits per heavy atom. The molecular weight excluding hydrogens is 165 g/mol. The molecule has 2 heteroatoms. The van der Waals surface area contributed by atoms with E-state index in [4.69, 9.17) is 0 Å². The van der Waals surface area contributed by atoms with Crippen molar-refractivity contribution in [3.63, 3.8) is 0 Å². The van der Waals surface area contributed by atoms with Gasteiger partial charge in [-0.1, -0.05) is 6.92 Å². The highest BCUT2D eigenvalue weighted by Gasteiger charge is 2.04. The third-order valence-corrected chi connectivity index (χ3v) is 2.26. The van der Waals surface area contributed by atoms with E-state index in [0.717, 1.165) is 23.1 Å². The summed E-state index contributed by atoms with van der Waals surface area (Å²) in [6, 6.07) is 5.55. The van der Waals surface area contributed by atoms with Crippen LogP contribution in [0.3, 0.4) is 0 Å². The van der Waals surface area contributed by atoms with Gasteiger partial charge in [-0.3, -0.25) is 0 Å². The van der Waals surface area contributed by atoms with E-state index in [-0.39, 0.29) is 5.82 Å². The maximum Gasteiger partial charge on any atom is 0.147 e. The van der Waals surface area contributed by atoms with Crippen LogP contribution in [-0.2, 0) is 6.42 Å². The van der Waals surface area contributed by atoms with E-state index in [2.05, 4.69) is 11.9 Å². The molecule has 1 heterocycles. The van der Waals surface area contributed by atoms with E-state index in [1.54, 1.807) is 6.07 Å². The van der Waals surface area contributed by atoms with Crippen molar-refractivity contribution >= 4 is 10.9 Å². The molecule has 68 valence electrons. The maximum atomic E-state index is 13.4. The predicted octanol–water partition coefficient (Wildman–Crippen LogP) is 3.18. The van der Waals surface area contributed by atoms with E-state index in [1.807, 2.05) is 19.1 Å². The van der Waals surface area contributed by atoms with Crippen molar-refractivity contribution in [3.05, 3.63) is 35.3 Å². The molecule has 0 atom stereocenters. The number of aryl methyl sites for hydroxylation is 2. The number of rotatable bonds is 1. The van der Waals surface area contributed by atoms with Crippen LogP contribution in [0.15, 0.2) is 18.2 Å². The van der Waals surface area contributed by atoms with Crippen LogP contribution in [0.5, 0.6) is 0 Å². The van der Waals surface area contributed by atoms with Crippen molar-refractivity contribution in [1.29, 1.82) is 0 Å². The van der Waals surface area contributed by atoms with Gasteiger partial charge in [-0.15, -0.1) is 0 Å². The molecule has 1 aromatic carbocycles. The predicted molar refractivity (Wildman–Crippen MR) is 52.4 cm³/mol. The number of aromatic amines is 1. The number of hydrogen-bond donors (Lipinski definition) is 1. The molecule has 0 bridgehead atoms. The van der Waals surface area contributed by atoms with Crippen LogP contribution in [0.4, 0.5) is 4.39 Å². The molecule has 0 aliphatic rings. The lowest BCUT2D eigenvalue weighted by molar-refractivity contribution is 0.636. The van der Waals surface area contributed by atoms with Crippen LogP contribution in [0.25, 0.3) is 10.9 Å². The average molecular weight is 177 g/mol. The second-order valence-corrected chi connectivity index (χ2v) is 3.36. The first-order valence-electron chi connectivity index (χ1n) is 4.48. The Morgan fingerprint density at radius 1 is 1.31 bits per heavy atom. The zero-order valence-corrected chi connectivity index (χ0v) is 7.82. The highest BCUT2D eigenvalue weighted by molar-refractivity contribution is 5.81. The summed E-state index contributed by atoms with van der Waals surface area (Å²) in [4.78, 5) is 3.07. The van der Waals surface area contributed by atoms with Crippen LogP contribution in [-0.4, -0.2) is 4.98 Å². The summed E-state index contributed by atoms with van der Waals surface area (Å²) in [5.74, 6) is -0.158. The van der Waals surface area contributed by atoms with Crippen LogP contribution in [0.2, 0.25) is 0 Å². The molecule has 0 fully saturated rings. The number of hydrogen-bond acceptors (Lipinski definition) is 0. The molecule has 0 amide bonds. The van der Waals surface area contributed by atoms with Gasteiger partial charge >= 0.3 is 0 Å². The largest absolute Gasteiger partial charge is 0.356 e. The molecule has 0 aliphatic carbocycles. The topological polar surface area (TPSA) is 15.8 Å². The minimum atomic E-state index is -0.158. The first-order valence-corrected chi connectivity index (χ1v) is 4.48. The SMILES string of the molecule is CCc1cc2cc(C)cc(F)c2[nH]1. The second kappa shape index (κ2) is 2.87. The molecule has 0 saturated carbocycles. The zero-order chi connectivity index (χ0) is 9.42. The van der Waals surface area contributed by atoms with Crippen LogP contribution >= 0.6 is 0 Å². The third-order valence-electron chi connectivity index (χ3n) is 2.26. The molecule has 2 aromatic rings. The summed E-state index contributed by atoms with van der Waals surface area (Å²) in [5, 5.41) is 0.967. The fourth-order valence-corrected chi connectivity index (χ4v) is 1.59. The van der Waals surface area contributed by atoms with Crippen molar-refractivity contribution in [2.24, 2.45) is 0 Å². The van der Waals surface area contributed by atoms with Crippen LogP contribution < -0.4 is 0 Å². The van der Waals surface area contributed by atoms with Crippen molar-refractivity contribution in [2.75, 3.05) is 0 Å². The summed E-state index contributed by atoms with van der Waals surface area (Å²) in [7, 11) is 0. The van der Waals surface area contributed by atoms with Gasteiger partial charge in [-0.2, -0.15) is 0 Å². The highest BCUT2D eigenvalue weighted by atomic mass is 19.1. The number of benzene rings is 1. The number of fused-ring (bicyclic) bond motifs is 1. The average Bonchev–Trinajstić information content (AvgIpc) is 2.47. The molecule has 0 spiro atoms. The minimum Gasteiger partial charge on any atom is -0.356 e. The summed E-state index contributed by atoms with van der Waals surface area (Å²) < 4.78 is 13.4. The number of nitrogens with one attached hydrogen (secondary N) is 1. The molecule has 2 rings (SSSR count). The van der Waals surface area contributed by atoms with Crippen molar-refractivity contribution in [2.45, 2.75) is 20.3 Å². The van der Waals surface area contributed by atoms with Gasteiger partial charge in [-0.25, -0.2) is 4.39 Å². The summed E-state index contributed by atoms with van der Waals surface area (Å²) in [6.45, 7) is 3.95. The fourth-order valence-electron chi connectivity index (χ4n) is 1.59. The highest BCUT2D eigenvalue weighted by Crippen LogP contribution is 2.20. The van der Waals surface area contributed by atoms with E-state index < -0.39 is 0 Å². The second-order valence-electron chi connectivity index (χ2n) is 3.36. The van der Waals surface area contributed by atoms with Gasteiger partial charge in [0.25, 0.3) is 0 Å². The molecule has 0 saturated heterocycles. The molecule has 1 aromatic heterocycles. The lowest BCUT2D eigenvalue weighted by Gasteiger charge is -1.94. The van der Waals surface area contributed by atoms with Gasteiger partial charge in [-0.05, 0) is 37.1 Å². The smallest absolute Gasteiger partial charge is 0.147 e. The number of aromatic nitrogens is 1. The fraction of sp³-hybridized carbons (Fsp3) is 0.273. The molecule has 1 N–H and O–H groups in total. The normalized spacial score (nSPS) is 11.0. The van der Waals surface area contributed by atoms with Crippen LogP contribution in [0, 0.1) is 12.7 Å². The summed E-state index contributed by atoms with van der Waals surface area (Å²) in [6.07, 6.45) is 0.910. The van der Waals surface area contributed by atoms with E-state index in [9.17, 15) is 4.39 Å². The van der Waals surface area contributed by atoms with Crippen LogP contribution in [0.1, 0.15) is 18.2 Å². The van der Waals surface area contributed by atoms with E-state index in [1.165, 1.54) is 0 Å². The van der Waals surface area contributed by atoms with Crippen molar-refractivity contribution in [1.82, 2.24) is 4.98 Å². The quantitative estimate of drug-likeness (QED) is 0.688. The van der Waals surface area contributed by atoms with Crippen molar-refractivity contribution in [3.8, 4) is 0 Å². The minimum absolute atomic E-state index is 0.158. The van der Waals surface area contributed by atoms with Gasteiger partial charge in [0, 0.05) is 11.1 Å². The monoisotopic (exact) mass is 177 g/mol. The Balaban J connectivity index is 2.75. The Bertz CT molecular complexity index is 443. The molecular formula is C11H12FN. The van der Waals surface area contributed by atoms with Gasteiger partial charge < -0.3 is 4.98 Å². The van der Waals surface area contributed by atoms with Gasteiger partial charge in [0.05, 0.1) is 5.52 Å². The molecule has 0 unspecified atom stereocenters. The van der Waals surface area contributed by atoms with Gasteiger partial charge in [0.2, 0.25) is 0 Å². The Kier molecular flexibility index (Phi) is 1.83. The van der Waals surface area contributed by atoms with Crippen molar-refractivity contribution < 1.29 is 4.39 Å². The summed E-state index contributed by atoms with van der Waals surface area (Å²) >= 11 is 0. The number of halogens is 1. The Labute approximate surface area is 76.6 Å². The molecule has 1 nitrogen and oxygen atoms in total. The lowest BCUT2D eigenvalue weighted by atomic mass is 10.1. The first kappa shape index (κ1) is 8.30. The number of H-pyrrole nitrogens is 1. The zero-order valence-electron chi connectivity index (χ0n) is 7.82. The van der Waals surface area contributed by atoms with E-state index in [0.29, 0.717) is 5.52 Å². The van der Waals surface area contributed by atoms with Gasteiger partial charge in [0.15, 0.2) is 0 Å². The Morgan fingerprint density at radius 3 is 2.77 bits per heavy atom. The Hall–Kier alpha value is -1.31. The van der Waals surface area contributed by atoms with E-state index >= 15 is 0 Å². The molecule has 13 heavy (non-hydrogen) atoms.